The van der Waals surface area contributed by atoms with Crippen molar-refractivity contribution in [2.45, 2.75) is 40.5 Å². The molecule has 0 saturated carbocycles. The average molecular weight is 262 g/mol. The first kappa shape index (κ1) is 15.4. The van der Waals surface area contributed by atoms with Crippen LogP contribution in [0.2, 0.25) is 0 Å². The molecule has 0 bridgehead atoms. The SMILES string of the molecule is CC(C)Cc1ccc(C(=O)CC(C)(C)C(=O)O)cc1. The molecule has 0 radical (unpaired) electrons. The summed E-state index contributed by atoms with van der Waals surface area (Å²) in [5, 5.41) is 9.03. The normalized spacial score (nSPS) is 11.6. The summed E-state index contributed by atoms with van der Waals surface area (Å²) in [5.41, 5.74) is 0.763. The highest BCUT2D eigenvalue weighted by Gasteiger charge is 2.30. The summed E-state index contributed by atoms with van der Waals surface area (Å²) in [6.45, 7) is 7.43. The molecule has 0 spiro atoms. The van der Waals surface area contributed by atoms with Gasteiger partial charge in [-0.25, -0.2) is 0 Å². The molecule has 0 fully saturated rings. The van der Waals surface area contributed by atoms with Gasteiger partial charge >= 0.3 is 5.97 Å². The molecular formula is C16H22O3. The Morgan fingerprint density at radius 3 is 2.11 bits per heavy atom. The molecule has 19 heavy (non-hydrogen) atoms. The zero-order valence-electron chi connectivity index (χ0n) is 12.1. The maximum Gasteiger partial charge on any atom is 0.309 e. The third-order valence-electron chi connectivity index (χ3n) is 3.10. The Hall–Kier alpha value is -1.64. The van der Waals surface area contributed by atoms with E-state index in [0.717, 1.165) is 6.42 Å². The van der Waals surface area contributed by atoms with Gasteiger partial charge in [0.1, 0.15) is 0 Å². The van der Waals surface area contributed by atoms with E-state index in [1.54, 1.807) is 26.0 Å². The smallest absolute Gasteiger partial charge is 0.309 e. The molecular weight excluding hydrogens is 240 g/mol. The zero-order chi connectivity index (χ0) is 14.6. The van der Waals surface area contributed by atoms with Crippen LogP contribution in [0, 0.1) is 11.3 Å². The Kier molecular flexibility index (Phi) is 4.87. The van der Waals surface area contributed by atoms with E-state index in [4.69, 9.17) is 5.11 Å². The van der Waals surface area contributed by atoms with Gasteiger partial charge in [-0.05, 0) is 31.7 Å². The van der Waals surface area contributed by atoms with Crippen LogP contribution in [-0.4, -0.2) is 16.9 Å². The van der Waals surface area contributed by atoms with Gasteiger partial charge in [-0.1, -0.05) is 38.1 Å². The first-order valence-electron chi connectivity index (χ1n) is 6.58. The molecule has 1 aromatic carbocycles. The number of rotatable bonds is 6. The van der Waals surface area contributed by atoms with Gasteiger partial charge < -0.3 is 5.11 Å². The number of carbonyl (C=O) groups is 2. The lowest BCUT2D eigenvalue weighted by atomic mass is 9.85. The van der Waals surface area contributed by atoms with Crippen molar-refractivity contribution in [1.82, 2.24) is 0 Å². The molecule has 0 saturated heterocycles. The number of hydrogen-bond acceptors (Lipinski definition) is 2. The fourth-order valence-electron chi connectivity index (χ4n) is 1.88. The average Bonchev–Trinajstić information content (AvgIpc) is 2.28. The number of hydrogen-bond donors (Lipinski definition) is 1. The Bertz CT molecular complexity index is 455. The quantitative estimate of drug-likeness (QED) is 0.797. The van der Waals surface area contributed by atoms with E-state index in [-0.39, 0.29) is 12.2 Å². The van der Waals surface area contributed by atoms with Gasteiger partial charge in [0.25, 0.3) is 0 Å². The second-order valence-corrected chi connectivity index (χ2v) is 6.08. The summed E-state index contributed by atoms with van der Waals surface area (Å²) in [4.78, 5) is 23.0. The van der Waals surface area contributed by atoms with Crippen molar-refractivity contribution < 1.29 is 14.7 Å². The third-order valence-corrected chi connectivity index (χ3v) is 3.10. The summed E-state index contributed by atoms with van der Waals surface area (Å²) in [6, 6.07) is 7.47. The van der Waals surface area contributed by atoms with Gasteiger partial charge in [0.2, 0.25) is 0 Å². The van der Waals surface area contributed by atoms with Crippen LogP contribution in [0.5, 0.6) is 0 Å². The molecule has 104 valence electrons. The molecule has 1 N–H and O–H groups in total. The van der Waals surface area contributed by atoms with Crippen LogP contribution in [0.15, 0.2) is 24.3 Å². The van der Waals surface area contributed by atoms with Gasteiger partial charge in [-0.3, -0.25) is 9.59 Å². The van der Waals surface area contributed by atoms with Crippen molar-refractivity contribution in [3.8, 4) is 0 Å². The maximum absolute atomic E-state index is 12.0. The highest BCUT2D eigenvalue weighted by Crippen LogP contribution is 2.23. The molecule has 1 rings (SSSR count). The number of carboxylic acids is 1. The molecule has 0 heterocycles. The summed E-state index contributed by atoms with van der Waals surface area (Å²) in [6.07, 6.45) is 1.00. The van der Waals surface area contributed by atoms with E-state index >= 15 is 0 Å². The Morgan fingerprint density at radius 2 is 1.68 bits per heavy atom. The largest absolute Gasteiger partial charge is 0.481 e. The van der Waals surface area contributed by atoms with Crippen LogP contribution in [0.4, 0.5) is 0 Å². The number of carboxylic acid groups (broad SMARTS) is 1. The summed E-state index contributed by atoms with van der Waals surface area (Å²) in [5.74, 6) is -0.492. The third kappa shape index (κ3) is 4.51. The molecule has 0 atom stereocenters. The van der Waals surface area contributed by atoms with Gasteiger partial charge in [-0.2, -0.15) is 0 Å². The van der Waals surface area contributed by atoms with E-state index in [1.807, 2.05) is 12.1 Å². The standard InChI is InChI=1S/C16H22O3/c1-11(2)9-12-5-7-13(8-6-12)14(17)10-16(3,4)15(18)19/h5-8,11H,9-10H2,1-4H3,(H,18,19). The molecule has 0 aromatic heterocycles. The molecule has 3 nitrogen and oxygen atoms in total. The van der Waals surface area contributed by atoms with Crippen molar-refractivity contribution in [3.63, 3.8) is 0 Å². The van der Waals surface area contributed by atoms with Gasteiger partial charge in [0.05, 0.1) is 5.41 Å². The maximum atomic E-state index is 12.0. The minimum atomic E-state index is -1.02. The predicted molar refractivity (Wildman–Crippen MR) is 75.3 cm³/mol. The number of ketones is 1. The molecule has 0 aliphatic carbocycles. The van der Waals surface area contributed by atoms with Crippen molar-refractivity contribution in [2.24, 2.45) is 11.3 Å². The number of benzene rings is 1. The van der Waals surface area contributed by atoms with Gasteiger partial charge in [0, 0.05) is 12.0 Å². The minimum Gasteiger partial charge on any atom is -0.481 e. The van der Waals surface area contributed by atoms with Crippen molar-refractivity contribution >= 4 is 11.8 Å². The van der Waals surface area contributed by atoms with Crippen LogP contribution in [0.25, 0.3) is 0 Å². The van der Waals surface area contributed by atoms with E-state index < -0.39 is 11.4 Å². The second-order valence-electron chi connectivity index (χ2n) is 6.08. The van der Waals surface area contributed by atoms with Gasteiger partial charge in [0.15, 0.2) is 5.78 Å². The van der Waals surface area contributed by atoms with Crippen LogP contribution < -0.4 is 0 Å². The number of Topliss-reactive ketones (excluding diaryl/α,β-unsaturated/α-hetero) is 1. The fourth-order valence-corrected chi connectivity index (χ4v) is 1.88. The predicted octanol–water partition coefficient (Wildman–Crippen LogP) is 3.57. The minimum absolute atomic E-state index is 0.0197. The Balaban J connectivity index is 2.76. The van der Waals surface area contributed by atoms with E-state index in [2.05, 4.69) is 13.8 Å². The molecule has 0 unspecified atom stereocenters. The van der Waals surface area contributed by atoms with Crippen molar-refractivity contribution in [3.05, 3.63) is 35.4 Å². The molecule has 0 aliphatic rings. The van der Waals surface area contributed by atoms with Crippen LogP contribution in [0.3, 0.4) is 0 Å². The molecule has 0 aliphatic heterocycles. The second kappa shape index (κ2) is 6.00. The monoisotopic (exact) mass is 262 g/mol. The van der Waals surface area contributed by atoms with E-state index in [9.17, 15) is 9.59 Å². The first-order chi connectivity index (χ1) is 8.72. The summed E-state index contributed by atoms with van der Waals surface area (Å²) >= 11 is 0. The Labute approximate surface area is 114 Å². The number of carbonyl (C=O) groups excluding carboxylic acids is 1. The zero-order valence-corrected chi connectivity index (χ0v) is 12.1. The highest BCUT2D eigenvalue weighted by atomic mass is 16.4. The van der Waals surface area contributed by atoms with Gasteiger partial charge in [-0.15, -0.1) is 0 Å². The van der Waals surface area contributed by atoms with E-state index in [1.165, 1.54) is 5.56 Å². The van der Waals surface area contributed by atoms with Crippen LogP contribution in [0.1, 0.15) is 50.0 Å². The van der Waals surface area contributed by atoms with E-state index in [0.29, 0.717) is 11.5 Å². The molecule has 1 aromatic rings. The lowest BCUT2D eigenvalue weighted by Gasteiger charge is -2.17. The molecule has 0 amide bonds. The van der Waals surface area contributed by atoms with Crippen LogP contribution >= 0.6 is 0 Å². The van der Waals surface area contributed by atoms with Crippen molar-refractivity contribution in [2.75, 3.05) is 0 Å². The number of aliphatic carboxylic acids is 1. The first-order valence-corrected chi connectivity index (χ1v) is 6.58. The summed E-state index contributed by atoms with van der Waals surface area (Å²) in [7, 11) is 0. The Morgan fingerprint density at radius 1 is 1.16 bits per heavy atom. The lowest BCUT2D eigenvalue weighted by Crippen LogP contribution is -2.26. The fraction of sp³-hybridized carbons (Fsp3) is 0.500. The molecule has 3 heteroatoms. The summed E-state index contributed by atoms with van der Waals surface area (Å²) < 4.78 is 0. The van der Waals surface area contributed by atoms with Crippen molar-refractivity contribution in [1.29, 1.82) is 0 Å². The topological polar surface area (TPSA) is 54.4 Å². The lowest BCUT2D eigenvalue weighted by molar-refractivity contribution is -0.146. The van der Waals surface area contributed by atoms with Crippen LogP contribution in [-0.2, 0) is 11.2 Å². The highest BCUT2D eigenvalue weighted by molar-refractivity contribution is 5.98.